The monoisotopic (exact) mass is 248 g/mol. The average molecular weight is 248 g/mol. The van der Waals surface area contributed by atoms with Gasteiger partial charge in [0.05, 0.1) is 0 Å². The Hall–Kier alpha value is 0.0969. The summed E-state index contributed by atoms with van der Waals surface area (Å²) in [5.74, 6) is 0. The Balaban J connectivity index is 3.26. The van der Waals surface area contributed by atoms with Crippen LogP contribution in [0.5, 0.6) is 0 Å². The maximum Gasteiger partial charge on any atom is 0.497 e. The van der Waals surface area contributed by atoms with Gasteiger partial charge in [-0.05, 0) is 6.42 Å². The molecule has 0 aromatic carbocycles. The summed E-state index contributed by atoms with van der Waals surface area (Å²) in [5, 5.41) is 0. The van der Waals surface area contributed by atoms with Crippen LogP contribution in [0.25, 0.3) is 0 Å². The molecule has 0 fully saturated rings. The first-order chi connectivity index (χ1) is 7.68. The summed E-state index contributed by atoms with van der Waals surface area (Å²) in [6.45, 7) is 2.24. The zero-order valence-corrected chi connectivity index (χ0v) is 12.1. The van der Waals surface area contributed by atoms with Crippen molar-refractivity contribution < 1.29 is 13.6 Å². The molecule has 3 nitrogen and oxygen atoms in total. The van der Waals surface area contributed by atoms with Crippen molar-refractivity contribution >= 4 is 8.80 Å². The van der Waals surface area contributed by atoms with E-state index < -0.39 is 8.80 Å². The molecule has 0 saturated heterocycles. The van der Waals surface area contributed by atoms with E-state index in [0.29, 0.717) is 6.04 Å². The van der Waals surface area contributed by atoms with Crippen LogP contribution in [0, 0.1) is 0 Å². The summed E-state index contributed by atoms with van der Waals surface area (Å²) in [6.07, 6.45) is 10.2. The summed E-state index contributed by atoms with van der Waals surface area (Å²) >= 11 is 0. The van der Waals surface area contributed by atoms with Crippen LogP contribution in [0.3, 0.4) is 0 Å². The first-order valence-electron chi connectivity index (χ1n) is 6.51. The molecule has 0 rings (SSSR count). The SMILES string of the molecule is CCCCCCCCCC[Si](O)(OC)OC. The minimum Gasteiger partial charge on any atom is -0.390 e. The minimum atomic E-state index is -2.78. The number of hydrogen-bond acceptors (Lipinski definition) is 3. The second-order valence-electron chi connectivity index (χ2n) is 4.35. The third-order valence-electron chi connectivity index (χ3n) is 2.98. The van der Waals surface area contributed by atoms with Crippen molar-refractivity contribution in [2.45, 2.75) is 64.3 Å². The lowest BCUT2D eigenvalue weighted by Gasteiger charge is -2.19. The van der Waals surface area contributed by atoms with Gasteiger partial charge in [-0.3, -0.25) is 0 Å². The maximum atomic E-state index is 9.80. The fourth-order valence-electron chi connectivity index (χ4n) is 1.77. The molecule has 0 unspecified atom stereocenters. The Labute approximate surface area is 102 Å². The van der Waals surface area contributed by atoms with E-state index in [1.807, 2.05) is 0 Å². The predicted octanol–water partition coefficient (Wildman–Crippen LogP) is 3.35. The summed E-state index contributed by atoms with van der Waals surface area (Å²) in [4.78, 5) is 9.80. The summed E-state index contributed by atoms with van der Waals surface area (Å²) in [5.41, 5.74) is 0. The smallest absolute Gasteiger partial charge is 0.390 e. The fourth-order valence-corrected chi connectivity index (χ4v) is 3.04. The van der Waals surface area contributed by atoms with E-state index in [1.165, 1.54) is 59.2 Å². The Kier molecular flexibility index (Phi) is 10.3. The largest absolute Gasteiger partial charge is 0.497 e. The van der Waals surface area contributed by atoms with Gasteiger partial charge in [0.2, 0.25) is 0 Å². The molecule has 0 aliphatic rings. The Morgan fingerprint density at radius 3 is 1.69 bits per heavy atom. The van der Waals surface area contributed by atoms with Crippen molar-refractivity contribution in [2.24, 2.45) is 0 Å². The molecule has 0 aromatic rings. The minimum absolute atomic E-state index is 0.689. The van der Waals surface area contributed by atoms with E-state index in [4.69, 9.17) is 8.85 Å². The van der Waals surface area contributed by atoms with Crippen molar-refractivity contribution in [1.82, 2.24) is 0 Å². The molecule has 0 amide bonds. The van der Waals surface area contributed by atoms with Crippen LogP contribution in [0.2, 0.25) is 6.04 Å². The summed E-state index contributed by atoms with van der Waals surface area (Å²) < 4.78 is 10.0. The molecule has 4 heteroatoms. The van der Waals surface area contributed by atoms with Gasteiger partial charge >= 0.3 is 8.80 Å². The van der Waals surface area contributed by atoms with E-state index in [9.17, 15) is 4.80 Å². The van der Waals surface area contributed by atoms with Gasteiger partial charge in [0.15, 0.2) is 0 Å². The molecule has 16 heavy (non-hydrogen) atoms. The Bertz CT molecular complexity index is 149. The highest BCUT2D eigenvalue weighted by Crippen LogP contribution is 2.15. The van der Waals surface area contributed by atoms with Crippen LogP contribution in [0.4, 0.5) is 0 Å². The quantitative estimate of drug-likeness (QED) is 0.450. The lowest BCUT2D eigenvalue weighted by atomic mass is 10.1. The molecule has 0 spiro atoms. The van der Waals surface area contributed by atoms with E-state index in [-0.39, 0.29) is 0 Å². The summed E-state index contributed by atoms with van der Waals surface area (Å²) in [6, 6.07) is 0.689. The zero-order chi connectivity index (χ0) is 12.3. The van der Waals surface area contributed by atoms with Crippen LogP contribution < -0.4 is 0 Å². The van der Waals surface area contributed by atoms with Gasteiger partial charge in [-0.25, -0.2) is 0 Å². The second kappa shape index (κ2) is 10.3. The molecule has 0 aliphatic heterocycles. The van der Waals surface area contributed by atoms with Crippen LogP contribution in [-0.4, -0.2) is 27.8 Å². The normalized spacial score (nSPS) is 12.0. The molecule has 1 N–H and O–H groups in total. The molecule has 0 aliphatic carbocycles. The van der Waals surface area contributed by atoms with E-state index in [1.54, 1.807) is 0 Å². The lowest BCUT2D eigenvalue weighted by Crippen LogP contribution is -2.39. The number of unbranched alkanes of at least 4 members (excludes halogenated alkanes) is 7. The lowest BCUT2D eigenvalue weighted by molar-refractivity contribution is 0.150. The second-order valence-corrected chi connectivity index (χ2v) is 7.09. The number of hydrogen-bond donors (Lipinski definition) is 1. The van der Waals surface area contributed by atoms with Crippen molar-refractivity contribution in [1.29, 1.82) is 0 Å². The molecular weight excluding hydrogens is 220 g/mol. The van der Waals surface area contributed by atoms with Gasteiger partial charge < -0.3 is 13.6 Å². The van der Waals surface area contributed by atoms with Gasteiger partial charge in [-0.2, -0.15) is 0 Å². The topological polar surface area (TPSA) is 38.7 Å². The molecule has 0 radical (unpaired) electrons. The average Bonchev–Trinajstić information content (AvgIpc) is 2.32. The Morgan fingerprint density at radius 2 is 1.25 bits per heavy atom. The van der Waals surface area contributed by atoms with E-state index in [2.05, 4.69) is 6.92 Å². The highest BCUT2D eigenvalue weighted by atomic mass is 28.4. The van der Waals surface area contributed by atoms with Gasteiger partial charge in [-0.15, -0.1) is 0 Å². The van der Waals surface area contributed by atoms with Crippen molar-refractivity contribution in [2.75, 3.05) is 14.2 Å². The Morgan fingerprint density at radius 1 is 0.812 bits per heavy atom. The van der Waals surface area contributed by atoms with Crippen molar-refractivity contribution in [3.63, 3.8) is 0 Å². The van der Waals surface area contributed by atoms with Crippen molar-refractivity contribution in [3.05, 3.63) is 0 Å². The molecule has 0 atom stereocenters. The van der Waals surface area contributed by atoms with Crippen LogP contribution in [0.1, 0.15) is 58.3 Å². The molecule has 0 bridgehead atoms. The molecule has 0 heterocycles. The fraction of sp³-hybridized carbons (Fsp3) is 1.00. The van der Waals surface area contributed by atoms with Crippen molar-refractivity contribution in [3.8, 4) is 0 Å². The maximum absolute atomic E-state index is 9.80. The zero-order valence-electron chi connectivity index (χ0n) is 11.1. The van der Waals surface area contributed by atoms with Gasteiger partial charge in [0.25, 0.3) is 0 Å². The highest BCUT2D eigenvalue weighted by Gasteiger charge is 2.32. The first-order valence-corrected chi connectivity index (χ1v) is 8.48. The van der Waals surface area contributed by atoms with E-state index >= 15 is 0 Å². The van der Waals surface area contributed by atoms with Gasteiger partial charge in [0, 0.05) is 20.3 Å². The van der Waals surface area contributed by atoms with E-state index in [0.717, 1.165) is 6.42 Å². The molecule has 0 aromatic heterocycles. The van der Waals surface area contributed by atoms with Gasteiger partial charge in [0.1, 0.15) is 0 Å². The molecule has 0 saturated carbocycles. The van der Waals surface area contributed by atoms with Crippen LogP contribution in [-0.2, 0) is 8.85 Å². The first kappa shape index (κ1) is 16.1. The highest BCUT2D eigenvalue weighted by molar-refractivity contribution is 6.59. The molecule has 98 valence electrons. The standard InChI is InChI=1S/C12H28O3Si/c1-4-5-6-7-8-9-10-11-12-16(13,14-2)15-3/h13H,4-12H2,1-3H3. The van der Waals surface area contributed by atoms with Crippen LogP contribution in [0.15, 0.2) is 0 Å². The third kappa shape index (κ3) is 8.27. The van der Waals surface area contributed by atoms with Gasteiger partial charge in [-0.1, -0.05) is 51.9 Å². The molecular formula is C12H28O3Si. The predicted molar refractivity (Wildman–Crippen MR) is 69.4 cm³/mol. The summed E-state index contributed by atoms with van der Waals surface area (Å²) in [7, 11) is 0.278. The van der Waals surface area contributed by atoms with Crippen LogP contribution >= 0.6 is 0 Å². The third-order valence-corrected chi connectivity index (χ3v) is 5.25. The number of rotatable bonds is 11.